The Balaban J connectivity index is 2.22. The Bertz CT molecular complexity index is 526. The van der Waals surface area contributed by atoms with Gasteiger partial charge in [0, 0.05) is 6.04 Å². The highest BCUT2D eigenvalue weighted by atomic mass is 19.1. The summed E-state index contributed by atoms with van der Waals surface area (Å²) in [5.74, 6) is 0.146. The highest BCUT2D eigenvalue weighted by molar-refractivity contribution is 5.79. The normalized spacial score (nSPS) is 17.3. The lowest BCUT2D eigenvalue weighted by molar-refractivity contribution is 0.539. The molecule has 0 atom stereocenters. The van der Waals surface area contributed by atoms with Crippen molar-refractivity contribution in [3.05, 3.63) is 24.0 Å². The predicted molar refractivity (Wildman–Crippen MR) is 61.6 cm³/mol. The van der Waals surface area contributed by atoms with Crippen molar-refractivity contribution in [2.24, 2.45) is 0 Å². The van der Waals surface area contributed by atoms with Crippen molar-refractivity contribution in [2.75, 3.05) is 5.73 Å². The molecule has 3 rings (SSSR count). The number of hydrogen-bond donors (Lipinski definition) is 1. The van der Waals surface area contributed by atoms with Gasteiger partial charge in [-0.05, 0) is 25.0 Å². The molecule has 1 aliphatic rings. The number of nitrogen functional groups attached to an aromatic ring is 1. The molecule has 1 aromatic heterocycles. The van der Waals surface area contributed by atoms with Gasteiger partial charge in [-0.15, -0.1) is 0 Å². The zero-order valence-corrected chi connectivity index (χ0v) is 8.99. The van der Waals surface area contributed by atoms with E-state index in [4.69, 9.17) is 5.73 Å². The molecule has 1 saturated carbocycles. The highest BCUT2D eigenvalue weighted by Gasteiger charge is 2.22. The lowest BCUT2D eigenvalue weighted by atomic mass is 10.2. The van der Waals surface area contributed by atoms with E-state index in [0.29, 0.717) is 17.5 Å². The molecule has 1 fully saturated rings. The minimum atomic E-state index is -0.291. The molecule has 0 unspecified atom stereocenters. The largest absolute Gasteiger partial charge is 0.369 e. The van der Waals surface area contributed by atoms with E-state index in [1.807, 2.05) is 10.6 Å². The van der Waals surface area contributed by atoms with Gasteiger partial charge in [-0.2, -0.15) is 0 Å². The van der Waals surface area contributed by atoms with E-state index in [1.165, 1.54) is 18.9 Å². The Morgan fingerprint density at radius 1 is 1.31 bits per heavy atom. The van der Waals surface area contributed by atoms with Crippen LogP contribution in [0.4, 0.5) is 10.3 Å². The Kier molecular flexibility index (Phi) is 2.09. The summed E-state index contributed by atoms with van der Waals surface area (Å²) >= 11 is 0. The number of benzene rings is 1. The van der Waals surface area contributed by atoms with Crippen molar-refractivity contribution >= 4 is 17.0 Å². The van der Waals surface area contributed by atoms with Crippen molar-refractivity contribution in [3.8, 4) is 0 Å². The first-order valence-corrected chi connectivity index (χ1v) is 5.69. The molecule has 0 bridgehead atoms. The van der Waals surface area contributed by atoms with Crippen molar-refractivity contribution in [3.63, 3.8) is 0 Å². The van der Waals surface area contributed by atoms with Crippen LogP contribution in [0.25, 0.3) is 11.0 Å². The van der Waals surface area contributed by atoms with Crippen molar-refractivity contribution < 1.29 is 4.39 Å². The maximum atomic E-state index is 13.5. The summed E-state index contributed by atoms with van der Waals surface area (Å²) in [6.07, 6.45) is 4.68. The lowest BCUT2D eigenvalue weighted by Gasteiger charge is -2.13. The van der Waals surface area contributed by atoms with Gasteiger partial charge in [-0.25, -0.2) is 9.37 Å². The molecule has 0 radical (unpaired) electrons. The van der Waals surface area contributed by atoms with E-state index >= 15 is 0 Å². The van der Waals surface area contributed by atoms with E-state index in [0.717, 1.165) is 18.4 Å². The quantitative estimate of drug-likeness (QED) is 0.801. The second-order valence-corrected chi connectivity index (χ2v) is 4.39. The van der Waals surface area contributed by atoms with Crippen LogP contribution < -0.4 is 5.73 Å². The van der Waals surface area contributed by atoms with Gasteiger partial charge in [0.05, 0.1) is 5.52 Å². The Labute approximate surface area is 93.1 Å². The van der Waals surface area contributed by atoms with Crippen molar-refractivity contribution in [2.45, 2.75) is 31.7 Å². The number of fused-ring (bicyclic) bond motifs is 1. The summed E-state index contributed by atoms with van der Waals surface area (Å²) < 4.78 is 15.5. The third-order valence-electron chi connectivity index (χ3n) is 3.39. The summed E-state index contributed by atoms with van der Waals surface area (Å²) in [5.41, 5.74) is 7.11. The van der Waals surface area contributed by atoms with Crippen LogP contribution in [0.5, 0.6) is 0 Å². The number of hydrogen-bond acceptors (Lipinski definition) is 2. The van der Waals surface area contributed by atoms with Gasteiger partial charge >= 0.3 is 0 Å². The fourth-order valence-corrected chi connectivity index (χ4v) is 2.65. The fraction of sp³-hybridized carbons (Fsp3) is 0.417. The van der Waals surface area contributed by atoms with Gasteiger partial charge in [-0.3, -0.25) is 0 Å². The van der Waals surface area contributed by atoms with Crippen LogP contribution in [-0.4, -0.2) is 9.55 Å². The Morgan fingerprint density at radius 3 is 2.81 bits per heavy atom. The van der Waals surface area contributed by atoms with Crippen LogP contribution in [0, 0.1) is 5.82 Å². The van der Waals surface area contributed by atoms with Gasteiger partial charge in [0.2, 0.25) is 5.95 Å². The summed E-state index contributed by atoms with van der Waals surface area (Å²) in [7, 11) is 0. The number of nitrogens with zero attached hydrogens (tertiary/aromatic N) is 2. The van der Waals surface area contributed by atoms with Crippen LogP contribution in [-0.2, 0) is 0 Å². The van der Waals surface area contributed by atoms with E-state index in [9.17, 15) is 4.39 Å². The molecule has 0 amide bonds. The maximum Gasteiger partial charge on any atom is 0.201 e. The van der Waals surface area contributed by atoms with Gasteiger partial charge in [-0.1, -0.05) is 18.9 Å². The Morgan fingerprint density at radius 2 is 2.06 bits per heavy atom. The second kappa shape index (κ2) is 3.47. The molecule has 84 valence electrons. The van der Waals surface area contributed by atoms with E-state index in [1.54, 1.807) is 6.07 Å². The number of halogens is 1. The molecular formula is C12H14FN3. The first kappa shape index (κ1) is 9.63. The van der Waals surface area contributed by atoms with Gasteiger partial charge in [0.15, 0.2) is 5.82 Å². The predicted octanol–water partition coefficient (Wildman–Crippen LogP) is 2.87. The highest BCUT2D eigenvalue weighted by Crippen LogP contribution is 2.34. The van der Waals surface area contributed by atoms with Gasteiger partial charge in [0.25, 0.3) is 0 Å². The zero-order valence-electron chi connectivity index (χ0n) is 8.99. The number of rotatable bonds is 1. The van der Waals surface area contributed by atoms with Crippen LogP contribution in [0.2, 0.25) is 0 Å². The van der Waals surface area contributed by atoms with Crippen molar-refractivity contribution in [1.82, 2.24) is 9.55 Å². The molecule has 2 N–H and O–H groups in total. The minimum absolute atomic E-state index is 0.291. The topological polar surface area (TPSA) is 43.8 Å². The zero-order chi connectivity index (χ0) is 11.1. The first-order chi connectivity index (χ1) is 7.77. The van der Waals surface area contributed by atoms with Crippen molar-refractivity contribution in [1.29, 1.82) is 0 Å². The van der Waals surface area contributed by atoms with E-state index in [-0.39, 0.29) is 5.82 Å². The molecule has 3 nitrogen and oxygen atoms in total. The number of para-hydroxylation sites is 1. The molecule has 1 aromatic carbocycles. The molecule has 1 aliphatic carbocycles. The Hall–Kier alpha value is -1.58. The molecule has 16 heavy (non-hydrogen) atoms. The third kappa shape index (κ3) is 1.29. The number of aromatic nitrogens is 2. The summed E-state index contributed by atoms with van der Waals surface area (Å²) in [5, 5.41) is 0. The smallest absolute Gasteiger partial charge is 0.201 e. The molecule has 0 saturated heterocycles. The number of imidazole rings is 1. The fourth-order valence-electron chi connectivity index (χ4n) is 2.65. The average molecular weight is 219 g/mol. The number of anilines is 1. The van der Waals surface area contributed by atoms with Crippen LogP contribution in [0.15, 0.2) is 18.2 Å². The molecular weight excluding hydrogens is 205 g/mol. The molecule has 0 spiro atoms. The average Bonchev–Trinajstić information content (AvgIpc) is 2.85. The van der Waals surface area contributed by atoms with E-state index in [2.05, 4.69) is 4.98 Å². The summed E-state index contributed by atoms with van der Waals surface area (Å²) in [6.45, 7) is 0. The maximum absolute atomic E-state index is 13.5. The van der Waals surface area contributed by atoms with Gasteiger partial charge < -0.3 is 10.3 Å². The van der Waals surface area contributed by atoms with Crippen LogP contribution in [0.1, 0.15) is 31.7 Å². The number of nitrogens with two attached hydrogens (primary N) is 1. The molecule has 4 heteroatoms. The lowest BCUT2D eigenvalue weighted by Crippen LogP contribution is -2.08. The molecule has 0 aliphatic heterocycles. The molecule has 2 aromatic rings. The van der Waals surface area contributed by atoms with E-state index < -0.39 is 0 Å². The molecule has 1 heterocycles. The standard InChI is InChI=1S/C12H14FN3/c13-9-6-3-7-10-11(9)15-12(14)16(10)8-4-1-2-5-8/h3,6-8H,1-2,4-5H2,(H2,14,15). The van der Waals surface area contributed by atoms with Crippen LogP contribution in [0.3, 0.4) is 0 Å². The minimum Gasteiger partial charge on any atom is -0.369 e. The third-order valence-corrected chi connectivity index (χ3v) is 3.39. The summed E-state index contributed by atoms with van der Waals surface area (Å²) in [4.78, 5) is 4.12. The summed E-state index contributed by atoms with van der Waals surface area (Å²) in [6, 6.07) is 5.42. The first-order valence-electron chi connectivity index (χ1n) is 5.69. The van der Waals surface area contributed by atoms with Crippen LogP contribution >= 0.6 is 0 Å². The second-order valence-electron chi connectivity index (χ2n) is 4.39. The SMILES string of the molecule is Nc1nc2c(F)cccc2n1C1CCCC1. The monoisotopic (exact) mass is 219 g/mol. The van der Waals surface area contributed by atoms with Gasteiger partial charge in [0.1, 0.15) is 5.52 Å².